The second kappa shape index (κ2) is 3.41. The Morgan fingerprint density at radius 3 is 2.29 bits per heavy atom. The maximum Gasteiger partial charge on any atom is 0.231 e. The summed E-state index contributed by atoms with van der Waals surface area (Å²) >= 11 is 0. The van der Waals surface area contributed by atoms with Crippen LogP contribution in [0.15, 0.2) is 57.6 Å². The molecule has 110 valence electrons. The first-order valence-corrected chi connectivity index (χ1v) is 7.85. The second-order valence-corrected chi connectivity index (χ2v) is 6.26. The van der Waals surface area contributed by atoms with Gasteiger partial charge in [-0.15, -0.1) is 0 Å². The average Bonchev–Trinajstić information content (AvgIpc) is 3.14. The lowest BCUT2D eigenvalue weighted by Gasteiger charge is -2.06. The molecule has 0 amide bonds. The van der Waals surface area contributed by atoms with Gasteiger partial charge in [-0.05, 0) is 23.6 Å². The molecule has 3 heterocycles. The van der Waals surface area contributed by atoms with Gasteiger partial charge in [-0.25, -0.2) is 9.97 Å². The zero-order chi connectivity index (χ0) is 15.4. The fourth-order valence-electron chi connectivity index (χ4n) is 4.22. The Kier molecular flexibility index (Phi) is 1.59. The van der Waals surface area contributed by atoms with E-state index in [2.05, 4.69) is 34.2 Å². The van der Waals surface area contributed by atoms with Crippen LogP contribution in [0.1, 0.15) is 0 Å². The summed E-state index contributed by atoms with van der Waals surface area (Å²) in [6.07, 6.45) is 1.58. The van der Waals surface area contributed by atoms with Gasteiger partial charge >= 0.3 is 0 Å². The number of nitrogens with zero attached hydrogens (tertiary/aromatic N) is 2. The highest BCUT2D eigenvalue weighted by Crippen LogP contribution is 2.48. The molecular formula is C20H8N2O2. The number of aromatic nitrogens is 2. The van der Waals surface area contributed by atoms with Crippen LogP contribution >= 0.6 is 0 Å². The van der Waals surface area contributed by atoms with Crippen molar-refractivity contribution in [2.24, 2.45) is 0 Å². The van der Waals surface area contributed by atoms with Crippen LogP contribution in [0, 0.1) is 0 Å². The molecule has 3 aromatic heterocycles. The van der Waals surface area contributed by atoms with Crippen molar-refractivity contribution in [2.45, 2.75) is 0 Å². The number of fused-ring (bicyclic) bond motifs is 1. The molecule has 7 rings (SSSR count). The van der Waals surface area contributed by atoms with Crippen molar-refractivity contribution >= 4 is 54.8 Å². The Morgan fingerprint density at radius 2 is 1.38 bits per heavy atom. The van der Waals surface area contributed by atoms with Gasteiger partial charge < -0.3 is 8.83 Å². The molecule has 0 spiro atoms. The van der Waals surface area contributed by atoms with E-state index in [1.54, 1.807) is 6.33 Å². The molecule has 0 N–H and O–H groups in total. The van der Waals surface area contributed by atoms with Crippen LogP contribution in [0.4, 0.5) is 0 Å². The summed E-state index contributed by atoms with van der Waals surface area (Å²) in [6, 6.07) is 14.4. The van der Waals surface area contributed by atoms with Gasteiger partial charge in [0.25, 0.3) is 0 Å². The highest BCUT2D eigenvalue weighted by Gasteiger charge is 2.25. The summed E-state index contributed by atoms with van der Waals surface area (Å²) < 4.78 is 12.1. The lowest BCUT2D eigenvalue weighted by Crippen LogP contribution is -1.87. The molecule has 6 aromatic rings. The molecule has 0 saturated heterocycles. The van der Waals surface area contributed by atoms with E-state index in [4.69, 9.17) is 8.83 Å². The van der Waals surface area contributed by atoms with Crippen molar-refractivity contribution < 1.29 is 8.83 Å². The zero-order valence-corrected chi connectivity index (χ0v) is 12.3. The van der Waals surface area contributed by atoms with Gasteiger partial charge in [0.15, 0.2) is 0 Å². The van der Waals surface area contributed by atoms with E-state index >= 15 is 0 Å². The predicted molar refractivity (Wildman–Crippen MR) is 93.1 cm³/mol. The second-order valence-electron chi connectivity index (χ2n) is 6.26. The van der Waals surface area contributed by atoms with Gasteiger partial charge in [0.05, 0.1) is 11.1 Å². The monoisotopic (exact) mass is 308 g/mol. The molecular weight excluding hydrogens is 300 g/mol. The molecule has 0 bridgehead atoms. The van der Waals surface area contributed by atoms with Crippen LogP contribution in [0.2, 0.25) is 0 Å². The highest BCUT2D eigenvalue weighted by atomic mass is 16.3. The minimum atomic E-state index is 0.627. The lowest BCUT2D eigenvalue weighted by molar-refractivity contribution is 0.651. The van der Waals surface area contributed by atoms with Crippen LogP contribution in [-0.2, 0) is 0 Å². The minimum absolute atomic E-state index is 0.627. The quantitative estimate of drug-likeness (QED) is 0.376. The summed E-state index contributed by atoms with van der Waals surface area (Å²) in [5.74, 6) is 0. The number of furan rings is 2. The van der Waals surface area contributed by atoms with Gasteiger partial charge in [0.1, 0.15) is 23.1 Å². The van der Waals surface area contributed by atoms with Crippen molar-refractivity contribution in [3.05, 3.63) is 48.8 Å². The van der Waals surface area contributed by atoms with Crippen molar-refractivity contribution in [3.8, 4) is 11.3 Å². The van der Waals surface area contributed by atoms with Crippen LogP contribution < -0.4 is 0 Å². The predicted octanol–water partition coefficient (Wildman–Crippen LogP) is 5.41. The van der Waals surface area contributed by atoms with Crippen LogP contribution in [0.3, 0.4) is 0 Å². The molecule has 0 atom stereocenters. The van der Waals surface area contributed by atoms with Crippen LogP contribution in [-0.4, -0.2) is 9.97 Å². The van der Waals surface area contributed by atoms with Gasteiger partial charge in [-0.3, -0.25) is 0 Å². The molecule has 4 heteroatoms. The van der Waals surface area contributed by atoms with Gasteiger partial charge in [0.2, 0.25) is 5.71 Å². The van der Waals surface area contributed by atoms with Crippen LogP contribution in [0.5, 0.6) is 0 Å². The number of hydrogen-bond donors (Lipinski definition) is 0. The third-order valence-corrected chi connectivity index (χ3v) is 5.13. The van der Waals surface area contributed by atoms with Crippen molar-refractivity contribution in [2.75, 3.05) is 0 Å². The maximum absolute atomic E-state index is 6.13. The maximum atomic E-state index is 6.13. The van der Waals surface area contributed by atoms with Gasteiger partial charge in [-0.2, -0.15) is 0 Å². The highest BCUT2D eigenvalue weighted by molar-refractivity contribution is 6.36. The Bertz CT molecular complexity index is 1500. The summed E-state index contributed by atoms with van der Waals surface area (Å²) in [4.78, 5) is 8.96. The fourth-order valence-corrected chi connectivity index (χ4v) is 4.22. The minimum Gasteiger partial charge on any atom is -0.456 e. The van der Waals surface area contributed by atoms with Crippen LogP contribution in [0.25, 0.3) is 66.0 Å². The summed E-state index contributed by atoms with van der Waals surface area (Å²) in [7, 11) is 0. The normalized spacial score (nSPS) is 13.0. The zero-order valence-electron chi connectivity index (χ0n) is 12.3. The molecule has 0 unspecified atom stereocenters. The van der Waals surface area contributed by atoms with Gasteiger partial charge in [-0.1, -0.05) is 24.3 Å². The molecule has 3 aromatic carbocycles. The third kappa shape index (κ3) is 1.04. The summed E-state index contributed by atoms with van der Waals surface area (Å²) in [6.45, 7) is 0. The molecule has 1 aliphatic carbocycles. The van der Waals surface area contributed by atoms with E-state index in [0.717, 1.165) is 49.6 Å². The molecule has 4 nitrogen and oxygen atoms in total. The Hall–Kier alpha value is -3.40. The van der Waals surface area contributed by atoms with Crippen molar-refractivity contribution in [1.29, 1.82) is 0 Å². The van der Waals surface area contributed by atoms with E-state index in [9.17, 15) is 0 Å². The molecule has 24 heavy (non-hydrogen) atoms. The SMILES string of the molecule is c1cc2c3c(c1)ccc1oc4ccc5oc6ncnc-2c6c5c4c13. The molecule has 0 aliphatic heterocycles. The first kappa shape index (κ1) is 11.2. The lowest BCUT2D eigenvalue weighted by atomic mass is 9.99. The number of hydrogen-bond acceptors (Lipinski definition) is 4. The standard InChI is InChI=1S/C20H8N2O2/c1-2-9-4-5-11-15-14(9)10(3-1)19-18-17-13(24-20(18)22-8-21-19)7-6-12(23-11)16(15)17/h1-8H. The first-order chi connectivity index (χ1) is 11.9. The largest absolute Gasteiger partial charge is 0.456 e. The Balaban J connectivity index is 2.06. The van der Waals surface area contributed by atoms with E-state index < -0.39 is 0 Å². The van der Waals surface area contributed by atoms with E-state index in [-0.39, 0.29) is 0 Å². The topological polar surface area (TPSA) is 52.1 Å². The molecule has 1 aliphatic rings. The average molecular weight is 308 g/mol. The fraction of sp³-hybridized carbons (Fsp3) is 0. The number of rotatable bonds is 0. The smallest absolute Gasteiger partial charge is 0.231 e. The molecule has 0 fully saturated rings. The Labute approximate surface area is 134 Å². The Morgan fingerprint density at radius 1 is 0.625 bits per heavy atom. The van der Waals surface area contributed by atoms with Crippen molar-refractivity contribution in [3.63, 3.8) is 0 Å². The first-order valence-electron chi connectivity index (χ1n) is 7.85. The van der Waals surface area contributed by atoms with E-state index in [1.165, 1.54) is 10.8 Å². The summed E-state index contributed by atoms with van der Waals surface area (Å²) in [5, 5.41) is 6.66. The third-order valence-electron chi connectivity index (χ3n) is 5.13. The summed E-state index contributed by atoms with van der Waals surface area (Å²) in [5.41, 5.74) is 5.26. The van der Waals surface area contributed by atoms with E-state index in [0.29, 0.717) is 5.71 Å². The van der Waals surface area contributed by atoms with E-state index in [1.807, 2.05) is 18.2 Å². The molecule has 0 radical (unpaired) electrons. The number of benzene rings is 3. The van der Waals surface area contributed by atoms with Gasteiger partial charge in [0, 0.05) is 27.1 Å². The van der Waals surface area contributed by atoms with Crippen molar-refractivity contribution in [1.82, 2.24) is 9.97 Å². The molecule has 0 saturated carbocycles.